The van der Waals surface area contributed by atoms with Crippen molar-refractivity contribution in [2.75, 3.05) is 30.9 Å². The van der Waals surface area contributed by atoms with Crippen LogP contribution in [0.3, 0.4) is 0 Å². The number of aromatic nitrogens is 4. The number of imidazole rings is 1. The zero-order valence-corrected chi connectivity index (χ0v) is 24.5. The maximum Gasteiger partial charge on any atom is 0.459 e. The minimum atomic E-state index is -4.29. The first kappa shape index (κ1) is 30.4. The van der Waals surface area contributed by atoms with E-state index in [1.54, 1.807) is 37.3 Å². The number of nitrogens with one attached hydrogen (secondary N) is 2. The number of nitrogen functional groups attached to an aromatic ring is 1. The largest absolute Gasteiger partial charge is 0.465 e. The summed E-state index contributed by atoms with van der Waals surface area (Å²) in [7, 11) is -4.29. The molecule has 42 heavy (non-hydrogen) atoms. The molecule has 6 atom stereocenters. The van der Waals surface area contributed by atoms with Gasteiger partial charge in [-0.1, -0.05) is 18.2 Å². The molecule has 1 saturated carbocycles. The van der Waals surface area contributed by atoms with Crippen molar-refractivity contribution in [3.63, 3.8) is 0 Å². The first-order valence-corrected chi connectivity index (χ1v) is 15.3. The van der Waals surface area contributed by atoms with E-state index in [1.807, 2.05) is 0 Å². The smallest absolute Gasteiger partial charge is 0.459 e. The Kier molecular flexibility index (Phi) is 8.88. The molecule has 1 unspecified atom stereocenters. The van der Waals surface area contributed by atoms with E-state index in [1.165, 1.54) is 17.8 Å². The van der Waals surface area contributed by atoms with Crippen LogP contribution in [-0.4, -0.2) is 79.6 Å². The molecule has 0 amide bonds. The number of carbonyl (C=O) groups excluding carboxylic acids is 1. The van der Waals surface area contributed by atoms with Crippen LogP contribution in [0.2, 0.25) is 0 Å². The Morgan fingerprint density at radius 3 is 2.76 bits per heavy atom. The molecule has 14 nitrogen and oxygen atoms in total. The third-order valence-electron chi connectivity index (χ3n) is 6.74. The summed E-state index contributed by atoms with van der Waals surface area (Å²) < 4.78 is 51.9. The molecule has 1 aromatic carbocycles. The standard InChI is InChI=1S/C25H32ClFN7O7P/c1-3-38-22(36)14(2)33-42(37,41-16-7-5-4-6-8-16)39-11-17-19(35)25(26,12-27)23(40-17)34-13-29-18-20(30-15-9-10-15)31-24(28)32-21(18)34/h4-8,13-15,17,19,23,35H,3,9-12H2,1-2H3,(H,33,37)(H3,28,30,31,32)/t14?,17-,19-,23-,25-,42+/m1/s1. The van der Waals surface area contributed by atoms with Crippen LogP contribution in [0.25, 0.3) is 11.2 Å². The number of ether oxygens (including phenoxy) is 2. The van der Waals surface area contributed by atoms with Gasteiger partial charge in [0.1, 0.15) is 35.5 Å². The summed E-state index contributed by atoms with van der Waals surface area (Å²) in [5.74, 6) is -0.134. The van der Waals surface area contributed by atoms with Gasteiger partial charge >= 0.3 is 13.7 Å². The normalized spacial score (nSPS) is 26.1. The Morgan fingerprint density at radius 2 is 2.10 bits per heavy atom. The van der Waals surface area contributed by atoms with Gasteiger partial charge in [0.2, 0.25) is 5.95 Å². The number of hydrogen-bond acceptors (Lipinski definition) is 12. The molecule has 5 rings (SSSR count). The summed E-state index contributed by atoms with van der Waals surface area (Å²) in [5.41, 5.74) is 6.51. The molecule has 2 fully saturated rings. The van der Waals surface area contributed by atoms with E-state index < -0.39 is 56.3 Å². The van der Waals surface area contributed by atoms with Crippen molar-refractivity contribution in [1.29, 1.82) is 0 Å². The van der Waals surface area contributed by atoms with Gasteiger partial charge < -0.3 is 30.2 Å². The highest BCUT2D eigenvalue weighted by Crippen LogP contribution is 2.49. The summed E-state index contributed by atoms with van der Waals surface area (Å²) in [4.78, 5) is 23.1. The average Bonchev–Trinajstić information content (AvgIpc) is 3.62. The van der Waals surface area contributed by atoms with Crippen LogP contribution in [0.4, 0.5) is 16.2 Å². The second-order valence-electron chi connectivity index (χ2n) is 10.0. The predicted molar refractivity (Wildman–Crippen MR) is 151 cm³/mol. The van der Waals surface area contributed by atoms with Gasteiger partial charge in [-0.05, 0) is 38.8 Å². The molecule has 17 heteroatoms. The van der Waals surface area contributed by atoms with Crippen LogP contribution in [0, 0.1) is 0 Å². The zero-order valence-electron chi connectivity index (χ0n) is 22.9. The molecule has 1 aliphatic carbocycles. The highest BCUT2D eigenvalue weighted by Gasteiger charge is 2.57. The molecule has 0 radical (unpaired) electrons. The summed E-state index contributed by atoms with van der Waals surface area (Å²) in [5, 5.41) is 16.9. The van der Waals surface area contributed by atoms with Crippen molar-refractivity contribution in [2.45, 2.75) is 62.1 Å². The number of aliphatic hydroxyl groups is 1. The predicted octanol–water partition coefficient (Wildman–Crippen LogP) is 2.93. The lowest BCUT2D eigenvalue weighted by Gasteiger charge is -2.27. The van der Waals surface area contributed by atoms with E-state index in [-0.39, 0.29) is 30.0 Å². The first-order chi connectivity index (χ1) is 20.1. The lowest BCUT2D eigenvalue weighted by molar-refractivity contribution is -0.144. The van der Waals surface area contributed by atoms with Gasteiger partial charge in [0.05, 0.1) is 19.5 Å². The molecule has 2 aliphatic rings. The molecule has 1 aliphatic heterocycles. The Morgan fingerprint density at radius 1 is 1.36 bits per heavy atom. The van der Waals surface area contributed by atoms with Gasteiger partial charge in [0, 0.05) is 6.04 Å². The molecule has 0 spiro atoms. The number of para-hydroxylation sites is 1. The van der Waals surface area contributed by atoms with Gasteiger partial charge in [-0.25, -0.2) is 13.9 Å². The number of fused-ring (bicyclic) bond motifs is 1. The van der Waals surface area contributed by atoms with E-state index in [9.17, 15) is 18.9 Å². The quantitative estimate of drug-likeness (QED) is 0.123. The van der Waals surface area contributed by atoms with Crippen molar-refractivity contribution in [3.05, 3.63) is 36.7 Å². The highest BCUT2D eigenvalue weighted by molar-refractivity contribution is 7.52. The zero-order chi connectivity index (χ0) is 30.1. The lowest BCUT2D eigenvalue weighted by Crippen LogP contribution is -2.44. The Balaban J connectivity index is 1.39. The van der Waals surface area contributed by atoms with E-state index in [0.717, 1.165) is 12.8 Å². The fourth-order valence-corrected chi connectivity index (χ4v) is 6.25. The average molecular weight is 628 g/mol. The molecule has 3 heterocycles. The second-order valence-corrected chi connectivity index (χ2v) is 12.4. The van der Waals surface area contributed by atoms with Crippen molar-refractivity contribution < 1.29 is 37.4 Å². The molecule has 2 aromatic heterocycles. The molecular formula is C25H32ClFN7O7P. The van der Waals surface area contributed by atoms with Gasteiger partial charge in [-0.2, -0.15) is 15.1 Å². The van der Waals surface area contributed by atoms with Crippen LogP contribution in [0.15, 0.2) is 36.7 Å². The summed E-state index contributed by atoms with van der Waals surface area (Å²) in [6.07, 6.45) is -0.940. The van der Waals surface area contributed by atoms with E-state index >= 15 is 0 Å². The number of nitrogens with two attached hydrogens (primary N) is 1. The fraction of sp³-hybridized carbons (Fsp3) is 0.520. The van der Waals surface area contributed by atoms with Crippen molar-refractivity contribution in [2.24, 2.45) is 0 Å². The number of esters is 1. The first-order valence-electron chi connectivity index (χ1n) is 13.4. The molecule has 1 saturated heterocycles. The monoisotopic (exact) mass is 627 g/mol. The summed E-state index contributed by atoms with van der Waals surface area (Å²) in [6.45, 7) is 1.40. The maximum atomic E-state index is 14.5. The Bertz CT molecular complexity index is 1470. The van der Waals surface area contributed by atoms with Crippen LogP contribution in [0.5, 0.6) is 5.75 Å². The third kappa shape index (κ3) is 6.31. The minimum absolute atomic E-state index is 0.0490. The lowest BCUT2D eigenvalue weighted by atomic mass is 10.0. The second kappa shape index (κ2) is 12.3. The van der Waals surface area contributed by atoms with E-state index in [0.29, 0.717) is 11.3 Å². The number of benzene rings is 1. The van der Waals surface area contributed by atoms with Crippen molar-refractivity contribution >= 4 is 48.2 Å². The number of nitrogens with zero attached hydrogens (tertiary/aromatic N) is 4. The van der Waals surface area contributed by atoms with Gasteiger partial charge in [0.15, 0.2) is 23.2 Å². The Hall–Kier alpha value is -3.07. The minimum Gasteiger partial charge on any atom is -0.465 e. The van der Waals surface area contributed by atoms with Crippen molar-refractivity contribution in [1.82, 2.24) is 24.6 Å². The number of rotatable bonds is 13. The molecule has 5 N–H and O–H groups in total. The SMILES string of the molecule is CCOC(=O)C(C)N[P@](=O)(OC[C@H]1O[C@@H](n2cnc3c(NC4CC4)nc(N)nc32)[C@@](Cl)(CF)[C@@H]1O)Oc1ccccc1. The van der Waals surface area contributed by atoms with Crippen molar-refractivity contribution in [3.8, 4) is 5.75 Å². The summed E-state index contributed by atoms with van der Waals surface area (Å²) >= 11 is 6.65. The van der Waals surface area contributed by atoms with Crippen LogP contribution < -0.4 is 20.7 Å². The Labute approximate surface area is 245 Å². The molecule has 0 bridgehead atoms. The highest BCUT2D eigenvalue weighted by atomic mass is 35.5. The van der Waals surface area contributed by atoms with Gasteiger partial charge in [-0.3, -0.25) is 13.9 Å². The van der Waals surface area contributed by atoms with Gasteiger partial charge in [0.25, 0.3) is 0 Å². The molecular weight excluding hydrogens is 596 g/mol. The topological polar surface area (TPSA) is 185 Å². The van der Waals surface area contributed by atoms with Crippen LogP contribution >= 0.6 is 19.3 Å². The van der Waals surface area contributed by atoms with Gasteiger partial charge in [-0.15, -0.1) is 11.6 Å². The number of aliphatic hydroxyl groups excluding tert-OH is 1. The molecule has 228 valence electrons. The summed E-state index contributed by atoms with van der Waals surface area (Å²) in [6, 6.07) is 7.29. The number of anilines is 2. The maximum absolute atomic E-state index is 14.5. The number of alkyl halides is 2. The number of halogens is 2. The van der Waals surface area contributed by atoms with Crippen LogP contribution in [0.1, 0.15) is 32.9 Å². The fourth-order valence-electron chi connectivity index (χ4n) is 4.45. The molecule has 3 aromatic rings. The van der Waals surface area contributed by atoms with E-state index in [4.69, 9.17) is 35.9 Å². The van der Waals surface area contributed by atoms with E-state index in [2.05, 4.69) is 25.4 Å². The third-order valence-corrected chi connectivity index (χ3v) is 8.90. The van der Waals surface area contributed by atoms with Crippen LogP contribution in [-0.2, 0) is 23.4 Å². The number of hydrogen-bond donors (Lipinski definition) is 4. The number of carbonyl (C=O) groups is 1.